The molecule has 1 atom stereocenters. The molecule has 0 radical (unpaired) electrons. The smallest absolute Gasteiger partial charge is 0.282 e. The lowest BCUT2D eigenvalue weighted by Gasteiger charge is -2.57. The Labute approximate surface area is 283 Å². The minimum Gasteiger partial charge on any atom is -0.434 e. The number of nitrogens with zero attached hydrogens (tertiary/aromatic N) is 10. The zero-order chi connectivity index (χ0) is 33.1. The Bertz CT molecular complexity index is 1990. The van der Waals surface area contributed by atoms with E-state index in [1.54, 1.807) is 31.1 Å². The highest BCUT2D eigenvalue weighted by molar-refractivity contribution is 5.85. The van der Waals surface area contributed by atoms with E-state index in [2.05, 4.69) is 74.3 Å². The molecule has 4 fully saturated rings. The van der Waals surface area contributed by atoms with Gasteiger partial charge in [0.2, 0.25) is 0 Å². The Morgan fingerprint density at radius 2 is 1.88 bits per heavy atom. The molecule has 2 aliphatic heterocycles. The van der Waals surface area contributed by atoms with Gasteiger partial charge in [0.1, 0.15) is 36.4 Å². The van der Waals surface area contributed by atoms with Crippen molar-refractivity contribution in [3.05, 3.63) is 61.1 Å². The van der Waals surface area contributed by atoms with Gasteiger partial charge < -0.3 is 15.0 Å². The molecule has 4 aromatic heterocycles. The van der Waals surface area contributed by atoms with Crippen LogP contribution in [0.3, 0.4) is 0 Å². The van der Waals surface area contributed by atoms with Gasteiger partial charge in [-0.3, -0.25) is 10.00 Å². The minimum absolute atomic E-state index is 0.201. The van der Waals surface area contributed by atoms with Crippen LogP contribution >= 0.6 is 0 Å². The SMILES string of the molecule is CC(C)[C@H](C1CC(Nc2ncnc3[nH]ncc23)C1)N1CC2(CCN(c3ncnnc3Oc3ccc(F)cc3-c3cncnc3C3CC3)C2)C1. The predicted octanol–water partition coefficient (Wildman–Crippen LogP) is 5.23. The van der Waals surface area contributed by atoms with E-state index >= 15 is 0 Å². The first-order valence-electron chi connectivity index (χ1n) is 17.3. The highest BCUT2D eigenvalue weighted by Crippen LogP contribution is 2.49. The number of aromatic nitrogens is 9. The zero-order valence-corrected chi connectivity index (χ0v) is 27.6. The van der Waals surface area contributed by atoms with Gasteiger partial charge in [0.05, 0.1) is 17.3 Å². The summed E-state index contributed by atoms with van der Waals surface area (Å²) >= 11 is 0. The van der Waals surface area contributed by atoms with Crippen molar-refractivity contribution in [2.45, 2.75) is 64.0 Å². The quantitative estimate of drug-likeness (QED) is 0.202. The number of halogens is 1. The lowest BCUT2D eigenvalue weighted by Crippen LogP contribution is -2.65. The summed E-state index contributed by atoms with van der Waals surface area (Å²) < 4.78 is 21.0. The van der Waals surface area contributed by atoms with Crippen molar-refractivity contribution in [1.29, 1.82) is 0 Å². The van der Waals surface area contributed by atoms with Gasteiger partial charge in [-0.15, -0.1) is 10.2 Å². The molecular formula is C35H39FN12O. The van der Waals surface area contributed by atoms with E-state index in [4.69, 9.17) is 4.74 Å². The molecular weight excluding hydrogens is 623 g/mol. The molecule has 2 saturated heterocycles. The lowest BCUT2D eigenvalue weighted by atomic mass is 9.68. The molecule has 4 aliphatic rings. The van der Waals surface area contributed by atoms with Crippen LogP contribution in [0.2, 0.25) is 0 Å². The van der Waals surface area contributed by atoms with Gasteiger partial charge >= 0.3 is 0 Å². The summed E-state index contributed by atoms with van der Waals surface area (Å²) in [4.78, 5) is 27.1. The zero-order valence-electron chi connectivity index (χ0n) is 27.6. The molecule has 1 aromatic carbocycles. The van der Waals surface area contributed by atoms with Gasteiger partial charge in [0.15, 0.2) is 11.5 Å². The van der Waals surface area contributed by atoms with Crippen LogP contribution in [-0.2, 0) is 0 Å². The van der Waals surface area contributed by atoms with Crippen LogP contribution in [0.25, 0.3) is 22.2 Å². The number of likely N-dealkylation sites (tertiary alicyclic amines) is 1. The van der Waals surface area contributed by atoms with Gasteiger partial charge in [-0.2, -0.15) is 5.10 Å². The fourth-order valence-electron chi connectivity index (χ4n) is 8.47. The highest BCUT2D eigenvalue weighted by Gasteiger charge is 2.53. The Hall–Kier alpha value is -4.85. The summed E-state index contributed by atoms with van der Waals surface area (Å²) in [6.07, 6.45) is 13.6. The van der Waals surface area contributed by atoms with Crippen LogP contribution in [0.4, 0.5) is 16.0 Å². The molecule has 2 N–H and O–H groups in total. The van der Waals surface area contributed by atoms with Crippen molar-refractivity contribution < 1.29 is 9.13 Å². The molecule has 0 amide bonds. The van der Waals surface area contributed by atoms with Crippen LogP contribution in [0.1, 0.15) is 57.6 Å². The number of benzene rings is 1. The van der Waals surface area contributed by atoms with Crippen molar-refractivity contribution in [3.8, 4) is 22.8 Å². The number of hydrogen-bond donors (Lipinski definition) is 2. The van der Waals surface area contributed by atoms with Crippen LogP contribution in [0, 0.1) is 23.1 Å². The van der Waals surface area contributed by atoms with Gasteiger partial charge in [-0.05, 0) is 62.1 Å². The molecule has 0 bridgehead atoms. The topological polar surface area (TPSA) is 147 Å². The summed E-state index contributed by atoms with van der Waals surface area (Å²) in [6, 6.07) is 5.46. The molecule has 13 nitrogen and oxygen atoms in total. The van der Waals surface area contributed by atoms with Crippen molar-refractivity contribution in [2.75, 3.05) is 36.4 Å². The molecule has 9 rings (SSSR count). The maximum Gasteiger partial charge on any atom is 0.282 e. The Kier molecular flexibility index (Phi) is 7.36. The molecule has 49 heavy (non-hydrogen) atoms. The first-order chi connectivity index (χ1) is 23.9. The average Bonchev–Trinajstić information content (AvgIpc) is 3.63. The first-order valence-corrected chi connectivity index (χ1v) is 17.3. The maximum atomic E-state index is 14.6. The van der Waals surface area contributed by atoms with Gasteiger partial charge in [0, 0.05) is 66.9 Å². The number of H-pyrrole nitrogens is 1. The molecule has 252 valence electrons. The van der Waals surface area contributed by atoms with E-state index < -0.39 is 0 Å². The summed E-state index contributed by atoms with van der Waals surface area (Å²) in [5.41, 5.74) is 3.27. The van der Waals surface area contributed by atoms with Crippen LogP contribution < -0.4 is 15.0 Å². The minimum atomic E-state index is -0.351. The van der Waals surface area contributed by atoms with E-state index in [0.29, 0.717) is 52.8 Å². The van der Waals surface area contributed by atoms with Crippen LogP contribution in [-0.4, -0.2) is 88.5 Å². The number of fused-ring (bicyclic) bond motifs is 1. The van der Waals surface area contributed by atoms with E-state index in [0.717, 1.165) is 86.4 Å². The fraction of sp³-hybridized carbons (Fsp3) is 0.486. The number of rotatable bonds is 10. The average molecular weight is 663 g/mol. The standard InChI is InChI=1S/C35H39FN12O/c1-20(2)30(22-9-24(10-22)44-31-27-13-42-45-32(27)40-18-39-31)48-15-35(16-48)7-8-47(14-35)33-34(46-43-19-41-33)49-28-6-5-23(36)11-25(28)26-12-37-17-38-29(26)21-3-4-21/h5-6,11-13,17-22,24,30H,3-4,7-10,14-16H2,1-2H3,(H2,39,40,42,44,45)/t22?,24?,30-/m1/s1. The normalized spacial score (nSPS) is 22.3. The second-order valence-corrected chi connectivity index (χ2v) is 14.7. The second-order valence-electron chi connectivity index (χ2n) is 14.7. The molecule has 5 aromatic rings. The number of nitrogens with one attached hydrogen (secondary N) is 2. The molecule has 14 heteroatoms. The number of ether oxygens (including phenoxy) is 1. The van der Waals surface area contributed by atoms with Crippen molar-refractivity contribution >= 4 is 22.7 Å². The second kappa shape index (κ2) is 11.9. The Balaban J connectivity index is 0.869. The third-order valence-corrected chi connectivity index (χ3v) is 10.9. The summed E-state index contributed by atoms with van der Waals surface area (Å²) in [7, 11) is 0. The summed E-state index contributed by atoms with van der Waals surface area (Å²) in [6.45, 7) is 8.58. The molecule has 0 unspecified atom stereocenters. The van der Waals surface area contributed by atoms with Gasteiger partial charge in [0.25, 0.3) is 5.88 Å². The third kappa shape index (κ3) is 5.61. The summed E-state index contributed by atoms with van der Waals surface area (Å²) in [5, 5.41) is 20.0. The van der Waals surface area contributed by atoms with E-state index in [1.807, 2.05) is 0 Å². The van der Waals surface area contributed by atoms with Crippen molar-refractivity contribution in [3.63, 3.8) is 0 Å². The first kappa shape index (κ1) is 30.2. The van der Waals surface area contributed by atoms with E-state index in [1.165, 1.54) is 18.5 Å². The maximum absolute atomic E-state index is 14.6. The predicted molar refractivity (Wildman–Crippen MR) is 181 cm³/mol. The largest absolute Gasteiger partial charge is 0.434 e. The monoisotopic (exact) mass is 662 g/mol. The molecule has 6 heterocycles. The fourth-order valence-corrected chi connectivity index (χ4v) is 8.47. The molecule has 2 saturated carbocycles. The summed E-state index contributed by atoms with van der Waals surface area (Å²) in [5.74, 6) is 3.53. The Morgan fingerprint density at radius 3 is 2.71 bits per heavy atom. The lowest BCUT2D eigenvalue weighted by molar-refractivity contribution is -0.0656. The van der Waals surface area contributed by atoms with Crippen molar-refractivity contribution in [2.24, 2.45) is 17.3 Å². The molecule has 1 spiro atoms. The third-order valence-electron chi connectivity index (χ3n) is 10.9. The molecule has 2 aliphatic carbocycles. The van der Waals surface area contributed by atoms with Gasteiger partial charge in [-0.25, -0.2) is 29.3 Å². The van der Waals surface area contributed by atoms with E-state index in [-0.39, 0.29) is 11.2 Å². The number of anilines is 2. The van der Waals surface area contributed by atoms with Crippen LogP contribution in [0.15, 0.2) is 49.6 Å². The highest BCUT2D eigenvalue weighted by atomic mass is 19.1. The van der Waals surface area contributed by atoms with E-state index in [9.17, 15) is 4.39 Å². The van der Waals surface area contributed by atoms with Crippen LogP contribution in [0.5, 0.6) is 11.6 Å². The number of aromatic amines is 1. The van der Waals surface area contributed by atoms with Gasteiger partial charge in [-0.1, -0.05) is 13.8 Å². The number of hydrogen-bond acceptors (Lipinski definition) is 12. The van der Waals surface area contributed by atoms with Crippen molar-refractivity contribution in [1.82, 2.24) is 50.2 Å². The Morgan fingerprint density at radius 1 is 1.00 bits per heavy atom.